The van der Waals surface area contributed by atoms with Gasteiger partial charge in [0.2, 0.25) is 0 Å². The number of hydrogen-bond acceptors (Lipinski definition) is 4. The van der Waals surface area contributed by atoms with E-state index in [9.17, 15) is 9.90 Å². The fourth-order valence-corrected chi connectivity index (χ4v) is 4.45. The van der Waals surface area contributed by atoms with Gasteiger partial charge in [0.15, 0.2) is 0 Å². The van der Waals surface area contributed by atoms with Gasteiger partial charge >= 0.3 is 0 Å². The third kappa shape index (κ3) is 5.25. The Morgan fingerprint density at radius 2 is 1.87 bits per heavy atom. The first-order chi connectivity index (χ1) is 15.0. The number of phenolic OH excluding ortho intramolecular Hbond substituents is 1. The van der Waals surface area contributed by atoms with Crippen LogP contribution < -0.4 is 5.32 Å². The number of aromatic hydroxyl groups is 1. The van der Waals surface area contributed by atoms with Crippen molar-refractivity contribution in [1.82, 2.24) is 19.6 Å². The molecule has 6 heteroatoms. The minimum Gasteiger partial charge on any atom is -0.508 e. The second-order valence-electron chi connectivity index (χ2n) is 8.98. The molecule has 0 saturated carbocycles. The first-order valence-corrected chi connectivity index (χ1v) is 11.3. The Kier molecular flexibility index (Phi) is 6.56. The number of benzene rings is 1. The number of phenols is 1. The molecule has 1 saturated heterocycles. The lowest BCUT2D eigenvalue weighted by atomic mass is 9.90. The molecule has 164 valence electrons. The van der Waals surface area contributed by atoms with Crippen LogP contribution in [0.3, 0.4) is 0 Å². The topological polar surface area (TPSA) is 69.9 Å². The molecule has 6 nitrogen and oxygen atoms in total. The number of fused-ring (bicyclic) bond motifs is 1. The molecule has 1 fully saturated rings. The highest BCUT2D eigenvalue weighted by Gasteiger charge is 2.18. The van der Waals surface area contributed by atoms with Gasteiger partial charge in [-0.05, 0) is 68.1 Å². The fourth-order valence-electron chi connectivity index (χ4n) is 4.45. The highest BCUT2D eigenvalue weighted by molar-refractivity contribution is 5.93. The molecule has 0 radical (unpaired) electrons. The fraction of sp³-hybridized carbons (Fsp3) is 0.440. The molecule has 1 aromatic carbocycles. The molecule has 1 unspecified atom stereocenters. The molecule has 0 bridgehead atoms. The lowest BCUT2D eigenvalue weighted by Crippen LogP contribution is -2.30. The van der Waals surface area contributed by atoms with Crippen molar-refractivity contribution in [2.75, 3.05) is 19.6 Å². The van der Waals surface area contributed by atoms with Gasteiger partial charge in [-0.3, -0.25) is 14.1 Å². The number of hydrogen-bond donors (Lipinski definition) is 2. The minimum absolute atomic E-state index is 0.0942. The standard InChI is InChI=1S/C25H32N4O2/c1-18(2)14-20(19-8-10-22(30)11-9-19)15-26-25(31)23-6-5-7-24-27-21(17-29(23)24)16-28-12-3-4-13-28/h5-11,17-18,20,30H,3-4,12-16H2,1-2H3,(H,26,31). The Balaban J connectivity index is 1.48. The summed E-state index contributed by atoms with van der Waals surface area (Å²) < 4.78 is 1.90. The van der Waals surface area contributed by atoms with Gasteiger partial charge in [-0.1, -0.05) is 32.0 Å². The Hall–Kier alpha value is -2.86. The molecule has 2 aromatic heterocycles. The zero-order valence-electron chi connectivity index (χ0n) is 18.4. The molecule has 1 aliphatic heterocycles. The first kappa shape index (κ1) is 21.4. The summed E-state index contributed by atoms with van der Waals surface area (Å²) in [6, 6.07) is 13.0. The predicted octanol–water partition coefficient (Wildman–Crippen LogP) is 4.20. The summed E-state index contributed by atoms with van der Waals surface area (Å²) in [5.41, 5.74) is 3.54. The van der Waals surface area contributed by atoms with Crippen molar-refractivity contribution >= 4 is 11.6 Å². The van der Waals surface area contributed by atoms with Crippen molar-refractivity contribution in [1.29, 1.82) is 0 Å². The van der Waals surface area contributed by atoms with Crippen LogP contribution in [-0.4, -0.2) is 44.9 Å². The Morgan fingerprint density at radius 3 is 2.58 bits per heavy atom. The van der Waals surface area contributed by atoms with Gasteiger partial charge in [0.1, 0.15) is 17.1 Å². The summed E-state index contributed by atoms with van der Waals surface area (Å²) in [4.78, 5) is 20.2. The van der Waals surface area contributed by atoms with Crippen molar-refractivity contribution in [3.05, 3.63) is 65.6 Å². The first-order valence-electron chi connectivity index (χ1n) is 11.3. The van der Waals surface area contributed by atoms with Crippen molar-refractivity contribution in [2.24, 2.45) is 5.92 Å². The van der Waals surface area contributed by atoms with Crippen LogP contribution in [0.2, 0.25) is 0 Å². The van der Waals surface area contributed by atoms with Crippen molar-refractivity contribution in [2.45, 2.75) is 45.6 Å². The number of aromatic nitrogens is 2. The van der Waals surface area contributed by atoms with E-state index in [2.05, 4.69) is 24.1 Å². The molecule has 1 aliphatic rings. The number of nitrogens with zero attached hydrogens (tertiary/aromatic N) is 3. The molecule has 0 spiro atoms. The SMILES string of the molecule is CC(C)CC(CNC(=O)c1cccc2nc(CN3CCCC3)cn12)c1ccc(O)cc1. The van der Waals surface area contributed by atoms with E-state index in [0.717, 1.165) is 43.0 Å². The van der Waals surface area contributed by atoms with Crippen LogP contribution in [-0.2, 0) is 6.54 Å². The summed E-state index contributed by atoms with van der Waals surface area (Å²) >= 11 is 0. The smallest absolute Gasteiger partial charge is 0.268 e. The average Bonchev–Trinajstić information content (AvgIpc) is 3.40. The van der Waals surface area contributed by atoms with Crippen LogP contribution >= 0.6 is 0 Å². The van der Waals surface area contributed by atoms with Gasteiger partial charge in [-0.2, -0.15) is 0 Å². The van der Waals surface area contributed by atoms with E-state index in [1.165, 1.54) is 12.8 Å². The Labute approximate surface area is 183 Å². The second-order valence-corrected chi connectivity index (χ2v) is 8.98. The largest absolute Gasteiger partial charge is 0.508 e. The predicted molar refractivity (Wildman–Crippen MR) is 122 cm³/mol. The van der Waals surface area contributed by atoms with E-state index < -0.39 is 0 Å². The molecule has 3 aromatic rings. The quantitative estimate of drug-likeness (QED) is 0.573. The van der Waals surface area contributed by atoms with Crippen molar-refractivity contribution in [3.8, 4) is 5.75 Å². The minimum atomic E-state index is -0.0942. The number of likely N-dealkylation sites (tertiary alicyclic amines) is 1. The van der Waals surface area contributed by atoms with Crippen LogP contribution in [0.4, 0.5) is 0 Å². The van der Waals surface area contributed by atoms with Gasteiger partial charge in [0, 0.05) is 25.2 Å². The number of amides is 1. The number of carbonyl (C=O) groups excluding carboxylic acids is 1. The molecular formula is C25H32N4O2. The Morgan fingerprint density at radius 1 is 1.13 bits per heavy atom. The summed E-state index contributed by atoms with van der Waals surface area (Å²) in [5, 5.41) is 12.7. The number of imidazole rings is 1. The maximum atomic E-state index is 13.1. The van der Waals surface area contributed by atoms with Crippen LogP contribution in [0.25, 0.3) is 5.65 Å². The van der Waals surface area contributed by atoms with Gasteiger partial charge in [0.05, 0.1) is 5.69 Å². The van der Waals surface area contributed by atoms with Crippen molar-refractivity contribution in [3.63, 3.8) is 0 Å². The van der Waals surface area contributed by atoms with Crippen LogP contribution in [0.5, 0.6) is 5.75 Å². The average molecular weight is 421 g/mol. The Bertz CT molecular complexity index is 1020. The van der Waals surface area contributed by atoms with E-state index in [4.69, 9.17) is 4.98 Å². The summed E-state index contributed by atoms with van der Waals surface area (Å²) in [6.07, 6.45) is 5.45. The number of rotatable bonds is 8. The van der Waals surface area contributed by atoms with Gasteiger partial charge in [-0.15, -0.1) is 0 Å². The van der Waals surface area contributed by atoms with Gasteiger partial charge < -0.3 is 10.4 Å². The maximum Gasteiger partial charge on any atom is 0.268 e. The third-order valence-electron chi connectivity index (χ3n) is 5.99. The zero-order chi connectivity index (χ0) is 21.8. The van der Waals surface area contributed by atoms with E-state index in [1.54, 1.807) is 12.1 Å². The normalized spacial score (nSPS) is 15.6. The van der Waals surface area contributed by atoms with E-state index in [0.29, 0.717) is 18.2 Å². The summed E-state index contributed by atoms with van der Waals surface area (Å²) in [6.45, 7) is 7.99. The third-order valence-corrected chi connectivity index (χ3v) is 5.99. The summed E-state index contributed by atoms with van der Waals surface area (Å²) in [7, 11) is 0. The van der Waals surface area contributed by atoms with Crippen molar-refractivity contribution < 1.29 is 9.90 Å². The molecule has 0 aliphatic carbocycles. The lowest BCUT2D eigenvalue weighted by molar-refractivity contribution is 0.0943. The number of carbonyl (C=O) groups is 1. The highest BCUT2D eigenvalue weighted by atomic mass is 16.3. The highest BCUT2D eigenvalue weighted by Crippen LogP contribution is 2.25. The molecule has 1 atom stereocenters. The number of pyridine rings is 1. The van der Waals surface area contributed by atoms with E-state index in [-0.39, 0.29) is 17.6 Å². The van der Waals surface area contributed by atoms with Crippen LogP contribution in [0.15, 0.2) is 48.7 Å². The van der Waals surface area contributed by atoms with Crippen LogP contribution in [0, 0.1) is 5.92 Å². The molecule has 2 N–H and O–H groups in total. The van der Waals surface area contributed by atoms with E-state index in [1.807, 2.05) is 40.9 Å². The van der Waals surface area contributed by atoms with E-state index >= 15 is 0 Å². The molecule has 4 rings (SSSR count). The number of nitrogens with one attached hydrogen (secondary N) is 1. The zero-order valence-corrected chi connectivity index (χ0v) is 18.4. The monoisotopic (exact) mass is 420 g/mol. The van der Waals surface area contributed by atoms with Gasteiger partial charge in [-0.25, -0.2) is 4.98 Å². The van der Waals surface area contributed by atoms with Gasteiger partial charge in [0.25, 0.3) is 5.91 Å². The second kappa shape index (κ2) is 9.52. The van der Waals surface area contributed by atoms with Crippen LogP contribution in [0.1, 0.15) is 60.8 Å². The lowest BCUT2D eigenvalue weighted by Gasteiger charge is -2.20. The summed E-state index contributed by atoms with van der Waals surface area (Å²) in [5.74, 6) is 0.856. The molecule has 3 heterocycles. The molecular weight excluding hydrogens is 388 g/mol. The maximum absolute atomic E-state index is 13.1. The molecule has 1 amide bonds. The molecule has 31 heavy (non-hydrogen) atoms.